The van der Waals surface area contributed by atoms with Gasteiger partial charge in [0, 0.05) is 11.3 Å². The Morgan fingerprint density at radius 1 is 0.708 bits per heavy atom. The summed E-state index contributed by atoms with van der Waals surface area (Å²) in [7, 11) is 0. The van der Waals surface area contributed by atoms with Crippen molar-refractivity contribution in [2.24, 2.45) is 5.92 Å². The fourth-order valence-corrected chi connectivity index (χ4v) is 4.73. The molecule has 0 aromatic heterocycles. The summed E-state index contributed by atoms with van der Waals surface area (Å²) in [5.41, 5.74) is 4.48. The third kappa shape index (κ3) is 2.29. The van der Waals surface area contributed by atoms with Crippen molar-refractivity contribution in [3.8, 4) is 0 Å². The van der Waals surface area contributed by atoms with Crippen LogP contribution in [0.4, 0.5) is 0 Å². The Hall–Kier alpha value is -2.34. The summed E-state index contributed by atoms with van der Waals surface area (Å²) in [6, 6.07) is 33.3. The van der Waals surface area contributed by atoms with Gasteiger partial charge in [0.25, 0.3) is 0 Å². The lowest BCUT2D eigenvalue weighted by Gasteiger charge is -2.56. The van der Waals surface area contributed by atoms with Gasteiger partial charge in [-0.25, -0.2) is 0 Å². The summed E-state index contributed by atoms with van der Waals surface area (Å²) < 4.78 is 0. The highest BCUT2D eigenvalue weighted by Gasteiger charge is 2.55. The van der Waals surface area contributed by atoms with Gasteiger partial charge in [0.1, 0.15) is 0 Å². The highest BCUT2D eigenvalue weighted by molar-refractivity contribution is 5.49. The van der Waals surface area contributed by atoms with Crippen molar-refractivity contribution in [2.45, 2.75) is 31.1 Å². The van der Waals surface area contributed by atoms with E-state index in [-0.39, 0.29) is 5.41 Å². The molecule has 2 atom stereocenters. The minimum atomic E-state index is 0.102. The van der Waals surface area contributed by atoms with Crippen molar-refractivity contribution in [3.63, 3.8) is 0 Å². The summed E-state index contributed by atoms with van der Waals surface area (Å²) in [5, 5.41) is 0. The Morgan fingerprint density at radius 3 is 1.62 bits per heavy atom. The molecule has 3 aromatic rings. The van der Waals surface area contributed by atoms with Gasteiger partial charge in [0.05, 0.1) is 0 Å². The molecule has 0 radical (unpaired) electrons. The number of benzene rings is 3. The molecule has 1 unspecified atom stereocenters. The molecule has 1 aliphatic rings. The molecule has 120 valence electrons. The predicted molar refractivity (Wildman–Crippen MR) is 101 cm³/mol. The normalized spacial score (nSPS) is 21.9. The molecular weight excluding hydrogens is 288 g/mol. The zero-order valence-corrected chi connectivity index (χ0v) is 14.2. The summed E-state index contributed by atoms with van der Waals surface area (Å²) in [4.78, 5) is 0. The molecule has 24 heavy (non-hydrogen) atoms. The van der Waals surface area contributed by atoms with Crippen LogP contribution in [0.25, 0.3) is 0 Å². The van der Waals surface area contributed by atoms with Crippen LogP contribution in [0.3, 0.4) is 0 Å². The average Bonchev–Trinajstić information content (AvgIpc) is 2.64. The van der Waals surface area contributed by atoms with Gasteiger partial charge in [-0.15, -0.1) is 0 Å². The van der Waals surface area contributed by atoms with Crippen LogP contribution >= 0.6 is 0 Å². The Bertz CT molecular complexity index is 735. The largest absolute Gasteiger partial charge is 0.0651 e. The molecule has 4 rings (SSSR count). The van der Waals surface area contributed by atoms with Gasteiger partial charge in [-0.2, -0.15) is 0 Å². The molecule has 0 heterocycles. The van der Waals surface area contributed by atoms with Gasteiger partial charge < -0.3 is 0 Å². The van der Waals surface area contributed by atoms with E-state index in [0.717, 1.165) is 5.92 Å². The van der Waals surface area contributed by atoms with Gasteiger partial charge in [-0.3, -0.25) is 0 Å². The van der Waals surface area contributed by atoms with Crippen molar-refractivity contribution < 1.29 is 0 Å². The van der Waals surface area contributed by atoms with Crippen LogP contribution in [0.15, 0.2) is 91.0 Å². The monoisotopic (exact) mass is 312 g/mol. The van der Waals surface area contributed by atoms with Crippen LogP contribution in [0.2, 0.25) is 0 Å². The topological polar surface area (TPSA) is 0 Å². The van der Waals surface area contributed by atoms with Gasteiger partial charge in [0.2, 0.25) is 0 Å². The summed E-state index contributed by atoms with van der Waals surface area (Å²) in [6.07, 6.45) is 2.47. The van der Waals surface area contributed by atoms with Crippen LogP contribution in [0, 0.1) is 5.92 Å². The van der Waals surface area contributed by atoms with E-state index in [0.29, 0.717) is 5.92 Å². The first-order valence-corrected chi connectivity index (χ1v) is 9.02. The molecule has 0 spiro atoms. The first-order chi connectivity index (χ1) is 11.9. The summed E-state index contributed by atoms with van der Waals surface area (Å²) >= 11 is 0. The zero-order chi connectivity index (χ0) is 16.4. The quantitative estimate of drug-likeness (QED) is 0.539. The van der Waals surface area contributed by atoms with E-state index < -0.39 is 0 Å². The third-order valence-corrected chi connectivity index (χ3v) is 5.85. The molecule has 0 bridgehead atoms. The maximum Gasteiger partial charge on any atom is 0.0276 e. The minimum absolute atomic E-state index is 0.102. The van der Waals surface area contributed by atoms with E-state index in [1.807, 2.05) is 0 Å². The van der Waals surface area contributed by atoms with Crippen molar-refractivity contribution in [1.82, 2.24) is 0 Å². The number of hydrogen-bond donors (Lipinski definition) is 0. The fourth-order valence-electron chi connectivity index (χ4n) is 4.73. The molecule has 0 saturated heterocycles. The second-order valence-electron chi connectivity index (χ2n) is 6.96. The lowest BCUT2D eigenvalue weighted by atomic mass is 9.46. The van der Waals surface area contributed by atoms with Crippen molar-refractivity contribution >= 4 is 0 Å². The fraction of sp³-hybridized carbons (Fsp3) is 0.250. The molecule has 3 aromatic carbocycles. The highest BCUT2D eigenvalue weighted by Crippen LogP contribution is 2.62. The average molecular weight is 312 g/mol. The smallest absolute Gasteiger partial charge is 0.0276 e. The molecule has 0 heteroatoms. The third-order valence-electron chi connectivity index (χ3n) is 5.85. The molecule has 0 N–H and O–H groups in total. The van der Waals surface area contributed by atoms with E-state index in [4.69, 9.17) is 0 Å². The predicted octanol–water partition coefficient (Wildman–Crippen LogP) is 6.19. The van der Waals surface area contributed by atoms with E-state index >= 15 is 0 Å². The Balaban J connectivity index is 1.91. The number of rotatable bonds is 4. The van der Waals surface area contributed by atoms with Crippen LogP contribution in [0.1, 0.15) is 42.4 Å². The van der Waals surface area contributed by atoms with Crippen molar-refractivity contribution in [3.05, 3.63) is 108 Å². The Kier molecular flexibility index (Phi) is 3.98. The lowest BCUT2D eigenvalue weighted by molar-refractivity contribution is 0.125. The second kappa shape index (κ2) is 6.28. The van der Waals surface area contributed by atoms with Crippen LogP contribution in [-0.2, 0) is 5.41 Å². The first-order valence-electron chi connectivity index (χ1n) is 9.02. The minimum Gasteiger partial charge on any atom is -0.0651 e. The van der Waals surface area contributed by atoms with Gasteiger partial charge in [-0.05, 0) is 29.0 Å². The maximum atomic E-state index is 2.33. The molecule has 0 amide bonds. The molecule has 0 aliphatic heterocycles. The highest BCUT2D eigenvalue weighted by atomic mass is 14.6. The van der Waals surface area contributed by atoms with E-state index in [1.54, 1.807) is 0 Å². The van der Waals surface area contributed by atoms with Crippen LogP contribution < -0.4 is 0 Å². The molecular formula is C24H24. The van der Waals surface area contributed by atoms with Crippen molar-refractivity contribution in [1.29, 1.82) is 0 Å². The molecule has 1 aliphatic carbocycles. The van der Waals surface area contributed by atoms with E-state index in [1.165, 1.54) is 29.5 Å². The molecule has 1 fully saturated rings. The standard InChI is InChI=1S/C24H24/c1-2-19-18-24(21-14-8-4-9-15-21,22-16-10-5-11-17-22)23(19)20-12-6-3-7-13-20/h3-17,19,23H,2,18H2,1H3/t19?,23-/m1/s1. The van der Waals surface area contributed by atoms with Gasteiger partial charge in [0.15, 0.2) is 0 Å². The van der Waals surface area contributed by atoms with Crippen LogP contribution in [-0.4, -0.2) is 0 Å². The number of hydrogen-bond acceptors (Lipinski definition) is 0. The van der Waals surface area contributed by atoms with Crippen LogP contribution in [0.5, 0.6) is 0 Å². The zero-order valence-electron chi connectivity index (χ0n) is 14.2. The second-order valence-corrected chi connectivity index (χ2v) is 6.96. The lowest BCUT2D eigenvalue weighted by Crippen LogP contribution is -2.50. The van der Waals surface area contributed by atoms with Gasteiger partial charge >= 0.3 is 0 Å². The summed E-state index contributed by atoms with van der Waals surface area (Å²) in [5.74, 6) is 1.29. The molecule has 1 saturated carbocycles. The van der Waals surface area contributed by atoms with Gasteiger partial charge in [-0.1, -0.05) is 104 Å². The van der Waals surface area contributed by atoms with E-state index in [2.05, 4.69) is 97.9 Å². The first kappa shape index (κ1) is 15.2. The SMILES string of the molecule is CCC1CC(c2ccccc2)(c2ccccc2)[C@H]1c1ccccc1. The van der Waals surface area contributed by atoms with E-state index in [9.17, 15) is 0 Å². The summed E-state index contributed by atoms with van der Waals surface area (Å²) in [6.45, 7) is 2.33. The Morgan fingerprint density at radius 2 is 1.17 bits per heavy atom. The van der Waals surface area contributed by atoms with Crippen molar-refractivity contribution in [2.75, 3.05) is 0 Å². The maximum absolute atomic E-state index is 2.33. The Labute approximate surface area is 145 Å². The molecule has 0 nitrogen and oxygen atoms in total.